The fourth-order valence-corrected chi connectivity index (χ4v) is 3.30. The van der Waals surface area contributed by atoms with Crippen LogP contribution in [0.15, 0.2) is 59.5 Å². The standard InChI is InChI=1S/C16H17NO5S/c1-11-7-9-13(10-8-11)23(21,22)17-14(15(18)16(19)20)12-5-3-2-4-6-12/h2-10,14-15,17-18H,1H3,(H,19,20). The van der Waals surface area contributed by atoms with Gasteiger partial charge < -0.3 is 10.2 Å². The Morgan fingerprint density at radius 1 is 1.04 bits per heavy atom. The van der Waals surface area contributed by atoms with E-state index in [1.54, 1.807) is 42.5 Å². The summed E-state index contributed by atoms with van der Waals surface area (Å²) in [5, 5.41) is 18.9. The van der Waals surface area contributed by atoms with Gasteiger partial charge in [-0.3, -0.25) is 0 Å². The normalized spacial score (nSPS) is 14.2. The molecule has 0 saturated carbocycles. The molecule has 3 N–H and O–H groups in total. The zero-order valence-electron chi connectivity index (χ0n) is 12.4. The lowest BCUT2D eigenvalue weighted by Crippen LogP contribution is -2.40. The van der Waals surface area contributed by atoms with Crippen LogP contribution in [0.5, 0.6) is 0 Å². The third-order valence-electron chi connectivity index (χ3n) is 3.34. The minimum atomic E-state index is -3.98. The molecule has 2 unspecified atom stereocenters. The Bertz CT molecular complexity index is 772. The van der Waals surface area contributed by atoms with Gasteiger partial charge in [0.1, 0.15) is 0 Å². The fraction of sp³-hybridized carbons (Fsp3) is 0.188. The van der Waals surface area contributed by atoms with Crippen LogP contribution in [0.1, 0.15) is 17.2 Å². The van der Waals surface area contributed by atoms with Crippen LogP contribution in [0.25, 0.3) is 0 Å². The van der Waals surface area contributed by atoms with Crippen molar-refractivity contribution < 1.29 is 23.4 Å². The second-order valence-electron chi connectivity index (χ2n) is 5.11. The van der Waals surface area contributed by atoms with E-state index in [0.717, 1.165) is 5.56 Å². The molecule has 2 rings (SSSR count). The maximum Gasteiger partial charge on any atom is 0.334 e. The van der Waals surface area contributed by atoms with Crippen molar-refractivity contribution in [3.63, 3.8) is 0 Å². The highest BCUT2D eigenvalue weighted by molar-refractivity contribution is 7.89. The first-order valence-corrected chi connectivity index (χ1v) is 8.34. The first-order valence-electron chi connectivity index (χ1n) is 6.86. The number of carbonyl (C=O) groups is 1. The number of carboxylic acid groups (broad SMARTS) is 1. The van der Waals surface area contributed by atoms with Crippen LogP contribution in [0.2, 0.25) is 0 Å². The molecule has 0 saturated heterocycles. The number of nitrogens with one attached hydrogen (secondary N) is 1. The van der Waals surface area contributed by atoms with Crippen molar-refractivity contribution in [1.29, 1.82) is 0 Å². The van der Waals surface area contributed by atoms with Crippen LogP contribution in [-0.4, -0.2) is 30.7 Å². The Hall–Kier alpha value is -2.22. The van der Waals surface area contributed by atoms with Crippen molar-refractivity contribution in [1.82, 2.24) is 4.72 Å². The van der Waals surface area contributed by atoms with Crippen LogP contribution in [0.3, 0.4) is 0 Å². The molecule has 0 aliphatic carbocycles. The molecule has 7 heteroatoms. The molecule has 2 aromatic carbocycles. The van der Waals surface area contributed by atoms with Crippen molar-refractivity contribution in [2.75, 3.05) is 0 Å². The van der Waals surface area contributed by atoms with Gasteiger partial charge in [-0.15, -0.1) is 0 Å². The molecule has 2 atom stereocenters. The minimum Gasteiger partial charge on any atom is -0.479 e. The Morgan fingerprint density at radius 3 is 2.13 bits per heavy atom. The Morgan fingerprint density at radius 2 is 1.61 bits per heavy atom. The number of sulfonamides is 1. The first-order chi connectivity index (χ1) is 10.8. The maximum atomic E-state index is 12.4. The third kappa shape index (κ3) is 4.16. The van der Waals surface area contributed by atoms with Crippen LogP contribution in [-0.2, 0) is 14.8 Å². The van der Waals surface area contributed by atoms with E-state index in [1.165, 1.54) is 12.1 Å². The number of rotatable bonds is 6. The summed E-state index contributed by atoms with van der Waals surface area (Å²) in [7, 11) is -3.98. The molecule has 0 bridgehead atoms. The molecule has 0 aromatic heterocycles. The molecular weight excluding hydrogens is 318 g/mol. The predicted octanol–water partition coefficient (Wildman–Crippen LogP) is 1.46. The predicted molar refractivity (Wildman–Crippen MR) is 84.3 cm³/mol. The summed E-state index contributed by atoms with van der Waals surface area (Å²) in [5.74, 6) is -1.51. The number of aryl methyl sites for hydroxylation is 1. The summed E-state index contributed by atoms with van der Waals surface area (Å²) < 4.78 is 27.1. The lowest BCUT2D eigenvalue weighted by atomic mass is 10.0. The van der Waals surface area contributed by atoms with Crippen molar-refractivity contribution in [3.05, 3.63) is 65.7 Å². The van der Waals surface area contributed by atoms with Crippen molar-refractivity contribution in [2.45, 2.75) is 24.0 Å². The summed E-state index contributed by atoms with van der Waals surface area (Å²) in [4.78, 5) is 11.1. The van der Waals surface area contributed by atoms with Gasteiger partial charge in [0.2, 0.25) is 10.0 Å². The van der Waals surface area contributed by atoms with Gasteiger partial charge in [0, 0.05) is 0 Å². The largest absolute Gasteiger partial charge is 0.479 e. The van der Waals surface area contributed by atoms with E-state index in [1.807, 2.05) is 6.92 Å². The first kappa shape index (κ1) is 17.1. The molecule has 122 valence electrons. The van der Waals surface area contributed by atoms with E-state index in [2.05, 4.69) is 4.72 Å². The van der Waals surface area contributed by atoms with E-state index >= 15 is 0 Å². The topological polar surface area (TPSA) is 104 Å². The van der Waals surface area contributed by atoms with Crippen molar-refractivity contribution in [2.24, 2.45) is 0 Å². The number of aliphatic hydroxyl groups is 1. The fourth-order valence-electron chi connectivity index (χ4n) is 2.07. The lowest BCUT2D eigenvalue weighted by molar-refractivity contribution is -0.148. The van der Waals surface area contributed by atoms with Crippen LogP contribution in [0.4, 0.5) is 0 Å². The molecule has 23 heavy (non-hydrogen) atoms. The van der Waals surface area contributed by atoms with Gasteiger partial charge in [-0.25, -0.2) is 17.9 Å². The van der Waals surface area contributed by atoms with Crippen LogP contribution in [0, 0.1) is 6.92 Å². The van der Waals surface area contributed by atoms with Gasteiger partial charge in [0.15, 0.2) is 6.10 Å². The number of aliphatic carboxylic acids is 1. The highest BCUT2D eigenvalue weighted by Crippen LogP contribution is 2.21. The molecular formula is C16H17NO5S. The monoisotopic (exact) mass is 335 g/mol. The summed E-state index contributed by atoms with van der Waals surface area (Å²) in [6.07, 6.45) is -1.90. The number of hydrogen-bond donors (Lipinski definition) is 3. The van der Waals surface area contributed by atoms with Gasteiger partial charge in [-0.05, 0) is 24.6 Å². The second kappa shape index (κ2) is 6.91. The molecule has 0 fully saturated rings. The summed E-state index contributed by atoms with van der Waals surface area (Å²) in [5.41, 5.74) is 1.26. The lowest BCUT2D eigenvalue weighted by Gasteiger charge is -2.22. The number of benzene rings is 2. The van der Waals surface area contributed by atoms with Gasteiger partial charge in [0.25, 0.3) is 0 Å². The van der Waals surface area contributed by atoms with Crippen LogP contribution < -0.4 is 4.72 Å². The van der Waals surface area contributed by atoms with Gasteiger partial charge >= 0.3 is 5.97 Å². The van der Waals surface area contributed by atoms with Gasteiger partial charge in [-0.2, -0.15) is 0 Å². The number of carboxylic acids is 1. The van der Waals surface area contributed by atoms with E-state index in [0.29, 0.717) is 5.56 Å². The van der Waals surface area contributed by atoms with E-state index < -0.39 is 28.1 Å². The minimum absolute atomic E-state index is 0.00150. The SMILES string of the molecule is Cc1ccc(S(=O)(=O)NC(c2ccccc2)C(O)C(=O)O)cc1. The Balaban J connectivity index is 2.37. The second-order valence-corrected chi connectivity index (χ2v) is 6.82. The quantitative estimate of drug-likeness (QED) is 0.741. The molecule has 0 heterocycles. The van der Waals surface area contributed by atoms with E-state index in [4.69, 9.17) is 5.11 Å². The molecule has 2 aromatic rings. The molecule has 0 amide bonds. The molecule has 0 spiro atoms. The third-order valence-corrected chi connectivity index (χ3v) is 4.80. The summed E-state index contributed by atoms with van der Waals surface area (Å²) in [6, 6.07) is 12.9. The number of aliphatic hydroxyl groups excluding tert-OH is 1. The number of hydrogen-bond acceptors (Lipinski definition) is 4. The molecule has 6 nitrogen and oxygen atoms in total. The molecule has 0 radical (unpaired) electrons. The highest BCUT2D eigenvalue weighted by atomic mass is 32.2. The average molecular weight is 335 g/mol. The van der Waals surface area contributed by atoms with Gasteiger partial charge in [-0.1, -0.05) is 48.0 Å². The van der Waals surface area contributed by atoms with Crippen molar-refractivity contribution >= 4 is 16.0 Å². The highest BCUT2D eigenvalue weighted by Gasteiger charge is 2.31. The summed E-state index contributed by atoms with van der Waals surface area (Å²) >= 11 is 0. The summed E-state index contributed by atoms with van der Waals surface area (Å²) in [6.45, 7) is 1.82. The zero-order valence-corrected chi connectivity index (χ0v) is 13.2. The Labute approximate surface area is 134 Å². The van der Waals surface area contributed by atoms with Crippen LogP contribution >= 0.6 is 0 Å². The maximum absolute atomic E-state index is 12.4. The smallest absolute Gasteiger partial charge is 0.334 e. The zero-order chi connectivity index (χ0) is 17.0. The van der Waals surface area contributed by atoms with Crippen molar-refractivity contribution in [3.8, 4) is 0 Å². The average Bonchev–Trinajstić information content (AvgIpc) is 2.53. The van der Waals surface area contributed by atoms with E-state index in [-0.39, 0.29) is 4.90 Å². The molecule has 0 aliphatic rings. The van der Waals surface area contributed by atoms with Gasteiger partial charge in [0.05, 0.1) is 10.9 Å². The van der Waals surface area contributed by atoms with E-state index in [9.17, 15) is 18.3 Å². The molecule has 0 aliphatic heterocycles. The Kier molecular flexibility index (Phi) is 5.15.